The molecule has 1 saturated carbocycles. The highest BCUT2D eigenvalue weighted by Crippen LogP contribution is 2.44. The molecule has 1 aliphatic heterocycles. The molecule has 1 aromatic rings. The summed E-state index contributed by atoms with van der Waals surface area (Å²) < 4.78 is 39.4. The van der Waals surface area contributed by atoms with Gasteiger partial charge in [0.05, 0.1) is 10.6 Å². The summed E-state index contributed by atoms with van der Waals surface area (Å²) in [6.45, 7) is 3.54. The molecule has 138 valence electrons. The molecule has 1 heterocycles. The average Bonchev–Trinajstić information content (AvgIpc) is 2.43. The summed E-state index contributed by atoms with van der Waals surface area (Å²) in [4.78, 5) is 2.32. The molecule has 3 rings (SSSR count). The predicted molar refractivity (Wildman–Crippen MR) is 95.5 cm³/mol. The number of nitrogens with one attached hydrogen (secondary N) is 1. The number of benzene rings is 1. The Balaban J connectivity index is 0.00000144. The van der Waals surface area contributed by atoms with Crippen LogP contribution in [0.5, 0.6) is 0 Å². The van der Waals surface area contributed by atoms with Gasteiger partial charge in [0.15, 0.2) is 0 Å². The van der Waals surface area contributed by atoms with E-state index in [0.29, 0.717) is 5.92 Å². The number of alkyl halides is 3. The van der Waals surface area contributed by atoms with E-state index in [-0.39, 0.29) is 35.9 Å². The molecule has 1 saturated heterocycles. The van der Waals surface area contributed by atoms with Gasteiger partial charge in [0, 0.05) is 32.2 Å². The summed E-state index contributed by atoms with van der Waals surface area (Å²) in [7, 11) is 0. The molecule has 24 heavy (non-hydrogen) atoms. The summed E-state index contributed by atoms with van der Waals surface area (Å²) >= 11 is 5.76. The van der Waals surface area contributed by atoms with E-state index in [2.05, 4.69) is 10.2 Å². The van der Waals surface area contributed by atoms with E-state index in [1.807, 2.05) is 0 Å². The summed E-state index contributed by atoms with van der Waals surface area (Å²) in [5.41, 5.74) is 0.0365. The van der Waals surface area contributed by atoms with Gasteiger partial charge >= 0.3 is 6.18 Å². The molecule has 1 aliphatic carbocycles. The van der Waals surface area contributed by atoms with Crippen LogP contribution >= 0.6 is 36.4 Å². The molecular formula is C16H22Cl3F3N2. The minimum atomic E-state index is -4.40. The highest BCUT2D eigenvalue weighted by molar-refractivity contribution is 6.31. The maximum Gasteiger partial charge on any atom is 0.417 e. The van der Waals surface area contributed by atoms with Crippen LogP contribution < -0.4 is 5.32 Å². The summed E-state index contributed by atoms with van der Waals surface area (Å²) in [5, 5.41) is 3.08. The Hall–Kier alpha value is -0.200. The maximum atomic E-state index is 13.1. The van der Waals surface area contributed by atoms with Crippen molar-refractivity contribution in [3.05, 3.63) is 34.3 Å². The molecule has 0 amide bonds. The lowest BCUT2D eigenvalue weighted by atomic mass is 9.76. The third-order valence-electron chi connectivity index (χ3n) is 4.78. The first-order chi connectivity index (χ1) is 10.5. The predicted octanol–water partition coefficient (Wildman–Crippen LogP) is 4.95. The van der Waals surface area contributed by atoms with Crippen molar-refractivity contribution in [2.24, 2.45) is 5.92 Å². The molecule has 0 unspecified atom stereocenters. The van der Waals surface area contributed by atoms with E-state index in [1.165, 1.54) is 18.6 Å². The first-order valence-electron chi connectivity index (χ1n) is 7.78. The highest BCUT2D eigenvalue weighted by atomic mass is 35.5. The molecule has 0 bridgehead atoms. The number of halogens is 6. The van der Waals surface area contributed by atoms with Crippen molar-refractivity contribution in [2.45, 2.75) is 31.5 Å². The van der Waals surface area contributed by atoms with Crippen molar-refractivity contribution in [3.63, 3.8) is 0 Å². The fraction of sp³-hybridized carbons (Fsp3) is 0.625. The lowest BCUT2D eigenvalue weighted by Gasteiger charge is -2.43. The van der Waals surface area contributed by atoms with Gasteiger partial charge in [-0.05, 0) is 36.5 Å². The number of hydrogen-bond acceptors (Lipinski definition) is 2. The fourth-order valence-corrected chi connectivity index (χ4v) is 3.67. The first kappa shape index (κ1) is 21.8. The van der Waals surface area contributed by atoms with E-state index in [0.717, 1.165) is 44.6 Å². The number of rotatable bonds is 3. The SMILES string of the molecule is Cl.Cl.FC(F)(F)c1cc([C@@H](C2CCC2)N2CCNCC2)ccc1Cl. The molecule has 0 spiro atoms. The zero-order valence-electron chi connectivity index (χ0n) is 13.1. The van der Waals surface area contributed by atoms with Gasteiger partial charge in [0.2, 0.25) is 0 Å². The molecule has 8 heteroatoms. The Kier molecular flexibility index (Phi) is 8.14. The monoisotopic (exact) mass is 404 g/mol. The quantitative estimate of drug-likeness (QED) is 0.765. The van der Waals surface area contributed by atoms with Gasteiger partial charge in [-0.2, -0.15) is 13.2 Å². The van der Waals surface area contributed by atoms with Crippen molar-refractivity contribution in [3.8, 4) is 0 Å². The second-order valence-corrected chi connectivity index (χ2v) is 6.57. The van der Waals surface area contributed by atoms with E-state index >= 15 is 0 Å². The van der Waals surface area contributed by atoms with Gasteiger partial charge in [-0.15, -0.1) is 24.8 Å². The zero-order chi connectivity index (χ0) is 15.7. The smallest absolute Gasteiger partial charge is 0.314 e. The van der Waals surface area contributed by atoms with Crippen LogP contribution in [0.1, 0.15) is 36.4 Å². The average molecular weight is 406 g/mol. The minimum Gasteiger partial charge on any atom is -0.314 e. The van der Waals surface area contributed by atoms with Gasteiger partial charge in [0.1, 0.15) is 0 Å². The highest BCUT2D eigenvalue weighted by Gasteiger charge is 2.37. The minimum absolute atomic E-state index is 0. The van der Waals surface area contributed by atoms with Crippen molar-refractivity contribution in [2.75, 3.05) is 26.2 Å². The van der Waals surface area contributed by atoms with Crippen molar-refractivity contribution in [1.82, 2.24) is 10.2 Å². The Labute approximate surface area is 157 Å². The molecule has 1 N–H and O–H groups in total. The van der Waals surface area contributed by atoms with Gasteiger partial charge in [-0.25, -0.2) is 0 Å². The standard InChI is InChI=1S/C16H20ClF3N2.2ClH/c17-14-5-4-12(10-13(14)16(18,19)20)15(11-2-1-3-11)22-8-6-21-7-9-22;;/h4-5,10-11,15,21H,1-3,6-9H2;2*1H/t15-;;/m1../s1. The fourth-order valence-electron chi connectivity index (χ4n) is 3.44. The second kappa shape index (κ2) is 8.95. The molecule has 2 nitrogen and oxygen atoms in total. The van der Waals surface area contributed by atoms with E-state index < -0.39 is 11.7 Å². The van der Waals surface area contributed by atoms with Crippen molar-refractivity contribution in [1.29, 1.82) is 0 Å². The Morgan fingerprint density at radius 2 is 1.75 bits per heavy atom. The van der Waals surface area contributed by atoms with Crippen LogP contribution in [0, 0.1) is 5.92 Å². The molecular weight excluding hydrogens is 384 g/mol. The first-order valence-corrected chi connectivity index (χ1v) is 8.16. The maximum absolute atomic E-state index is 13.1. The topological polar surface area (TPSA) is 15.3 Å². The Morgan fingerprint density at radius 1 is 1.12 bits per heavy atom. The van der Waals surface area contributed by atoms with Crippen LogP contribution in [0.3, 0.4) is 0 Å². The normalized spacial score (nSPS) is 20.5. The molecule has 1 aromatic carbocycles. The molecule has 0 radical (unpaired) electrons. The van der Waals surface area contributed by atoms with Crippen LogP contribution in [0.4, 0.5) is 13.2 Å². The Morgan fingerprint density at radius 3 is 2.25 bits per heavy atom. The van der Waals surface area contributed by atoms with Gasteiger partial charge < -0.3 is 5.32 Å². The van der Waals surface area contributed by atoms with Crippen LogP contribution in [-0.4, -0.2) is 31.1 Å². The number of piperazine rings is 1. The van der Waals surface area contributed by atoms with Crippen LogP contribution in [-0.2, 0) is 6.18 Å². The summed E-state index contributed by atoms with van der Waals surface area (Å²) in [5.74, 6) is 0.459. The van der Waals surface area contributed by atoms with E-state index in [9.17, 15) is 13.2 Å². The third-order valence-corrected chi connectivity index (χ3v) is 5.11. The summed E-state index contributed by atoms with van der Waals surface area (Å²) in [6.07, 6.45) is -1.04. The van der Waals surface area contributed by atoms with Crippen molar-refractivity contribution < 1.29 is 13.2 Å². The van der Waals surface area contributed by atoms with Crippen molar-refractivity contribution >= 4 is 36.4 Å². The Bertz CT molecular complexity index is 530. The van der Waals surface area contributed by atoms with Gasteiger partial charge in [-0.1, -0.05) is 24.1 Å². The van der Waals surface area contributed by atoms with E-state index in [4.69, 9.17) is 11.6 Å². The molecule has 2 aliphatic rings. The van der Waals surface area contributed by atoms with Crippen LogP contribution in [0.15, 0.2) is 18.2 Å². The zero-order valence-corrected chi connectivity index (χ0v) is 15.5. The number of hydrogen-bond donors (Lipinski definition) is 1. The van der Waals surface area contributed by atoms with E-state index in [1.54, 1.807) is 6.07 Å². The summed E-state index contributed by atoms with van der Waals surface area (Å²) in [6, 6.07) is 4.50. The molecule has 1 atom stereocenters. The van der Waals surface area contributed by atoms with Gasteiger partial charge in [-0.3, -0.25) is 4.90 Å². The lowest BCUT2D eigenvalue weighted by molar-refractivity contribution is -0.137. The van der Waals surface area contributed by atoms with Crippen LogP contribution in [0.25, 0.3) is 0 Å². The second-order valence-electron chi connectivity index (χ2n) is 6.16. The molecule has 0 aromatic heterocycles. The lowest BCUT2D eigenvalue weighted by Crippen LogP contribution is -2.47. The third kappa shape index (κ3) is 4.70. The number of nitrogens with zero attached hydrogens (tertiary/aromatic N) is 1. The van der Waals surface area contributed by atoms with Crippen LogP contribution in [0.2, 0.25) is 5.02 Å². The van der Waals surface area contributed by atoms with Gasteiger partial charge in [0.25, 0.3) is 0 Å². The largest absolute Gasteiger partial charge is 0.417 e. The molecule has 2 fully saturated rings.